The molecule has 6 rings (SSSR count). The first-order valence-electron chi connectivity index (χ1n) is 12.6. The van der Waals surface area contributed by atoms with Gasteiger partial charge in [0.2, 0.25) is 0 Å². The van der Waals surface area contributed by atoms with Crippen molar-refractivity contribution >= 4 is 17.6 Å². The Labute approximate surface area is 215 Å². The molecule has 0 bridgehead atoms. The summed E-state index contributed by atoms with van der Waals surface area (Å²) in [7, 11) is 0. The summed E-state index contributed by atoms with van der Waals surface area (Å²) >= 11 is 0. The summed E-state index contributed by atoms with van der Waals surface area (Å²) in [5.74, 6) is 1.47. The average Bonchev–Trinajstić information content (AvgIpc) is 3.51. The van der Waals surface area contributed by atoms with Gasteiger partial charge >= 0.3 is 5.97 Å². The first-order chi connectivity index (χ1) is 18.2. The number of nitrogens with zero attached hydrogens (tertiary/aromatic N) is 6. The number of esters is 1. The number of rotatable bonds is 6. The highest BCUT2D eigenvalue weighted by molar-refractivity contribution is 5.81. The number of fused-ring (bicyclic) bond motifs is 1. The Bertz CT molecular complexity index is 1270. The molecule has 0 saturated carbocycles. The molecule has 0 amide bonds. The van der Waals surface area contributed by atoms with Crippen LogP contribution in [0.2, 0.25) is 0 Å². The predicted octanol–water partition coefficient (Wildman–Crippen LogP) is 4.11. The van der Waals surface area contributed by atoms with Gasteiger partial charge in [-0.25, -0.2) is 0 Å². The van der Waals surface area contributed by atoms with Crippen molar-refractivity contribution in [3.63, 3.8) is 0 Å². The SMILES string of the molecule is CCOC(=O)C12CN(c3ccc(-c4ccccc4)nn3)CC1CN(c1ccc(-c3ccccc3)nn1)C2. The van der Waals surface area contributed by atoms with Crippen LogP contribution in [0, 0.1) is 11.3 Å². The molecule has 186 valence electrons. The standard InChI is InChI=1S/C29H28N6O2/c1-2-37-28(36)29-19-34(26-15-13-24(30-32-26)21-9-5-3-6-10-21)17-23(29)18-35(20-29)27-16-14-25(31-33-27)22-11-7-4-8-12-22/h3-16,23H,2,17-20H2,1H3. The summed E-state index contributed by atoms with van der Waals surface area (Å²) in [5, 5.41) is 17.9. The van der Waals surface area contributed by atoms with Crippen molar-refractivity contribution in [1.82, 2.24) is 20.4 Å². The maximum absolute atomic E-state index is 13.3. The Balaban J connectivity index is 1.22. The molecule has 4 heterocycles. The van der Waals surface area contributed by atoms with Crippen LogP contribution < -0.4 is 9.80 Å². The minimum Gasteiger partial charge on any atom is -0.465 e. The van der Waals surface area contributed by atoms with Crippen molar-refractivity contribution in [3.05, 3.63) is 84.9 Å². The summed E-state index contributed by atoms with van der Waals surface area (Å²) in [6.07, 6.45) is 0. The van der Waals surface area contributed by atoms with E-state index < -0.39 is 5.41 Å². The molecule has 2 aliphatic heterocycles. The van der Waals surface area contributed by atoms with E-state index in [-0.39, 0.29) is 11.9 Å². The fourth-order valence-electron chi connectivity index (χ4n) is 5.49. The van der Waals surface area contributed by atoms with Crippen molar-refractivity contribution < 1.29 is 9.53 Å². The molecule has 2 saturated heterocycles. The molecule has 0 N–H and O–H groups in total. The largest absolute Gasteiger partial charge is 0.465 e. The lowest BCUT2D eigenvalue weighted by Gasteiger charge is -2.27. The number of ether oxygens (including phenoxy) is 1. The number of benzene rings is 2. The molecule has 4 aromatic rings. The van der Waals surface area contributed by atoms with Crippen LogP contribution >= 0.6 is 0 Å². The Morgan fingerprint density at radius 1 is 0.757 bits per heavy atom. The van der Waals surface area contributed by atoms with Gasteiger partial charge in [0, 0.05) is 43.2 Å². The van der Waals surface area contributed by atoms with Gasteiger partial charge < -0.3 is 14.5 Å². The zero-order valence-corrected chi connectivity index (χ0v) is 20.7. The van der Waals surface area contributed by atoms with Crippen LogP contribution in [0.15, 0.2) is 84.9 Å². The molecule has 8 heteroatoms. The van der Waals surface area contributed by atoms with Gasteiger partial charge in [-0.2, -0.15) is 0 Å². The average molecular weight is 493 g/mol. The van der Waals surface area contributed by atoms with E-state index in [9.17, 15) is 4.79 Å². The second-order valence-corrected chi connectivity index (χ2v) is 9.62. The van der Waals surface area contributed by atoms with E-state index >= 15 is 0 Å². The molecular weight excluding hydrogens is 464 g/mol. The number of anilines is 2. The second-order valence-electron chi connectivity index (χ2n) is 9.62. The molecule has 0 aliphatic carbocycles. The molecule has 2 aromatic heterocycles. The number of hydrogen-bond donors (Lipinski definition) is 0. The molecule has 2 fully saturated rings. The molecule has 8 nitrogen and oxygen atoms in total. The van der Waals surface area contributed by atoms with Crippen LogP contribution in [-0.4, -0.2) is 59.1 Å². The van der Waals surface area contributed by atoms with E-state index in [1.165, 1.54) is 0 Å². The third-order valence-electron chi connectivity index (χ3n) is 7.38. The zero-order valence-electron chi connectivity index (χ0n) is 20.7. The topological polar surface area (TPSA) is 84.3 Å². The fourth-order valence-corrected chi connectivity index (χ4v) is 5.49. The van der Waals surface area contributed by atoms with Crippen LogP contribution in [-0.2, 0) is 9.53 Å². The van der Waals surface area contributed by atoms with E-state index in [4.69, 9.17) is 4.74 Å². The molecule has 2 aromatic carbocycles. The zero-order chi connectivity index (χ0) is 25.2. The van der Waals surface area contributed by atoms with Gasteiger partial charge in [0.25, 0.3) is 0 Å². The maximum Gasteiger partial charge on any atom is 0.316 e. The van der Waals surface area contributed by atoms with E-state index in [0.29, 0.717) is 32.8 Å². The molecule has 2 aliphatic rings. The number of carbonyl (C=O) groups excluding carboxylic acids is 1. The predicted molar refractivity (Wildman–Crippen MR) is 142 cm³/mol. The van der Waals surface area contributed by atoms with Crippen LogP contribution in [0.3, 0.4) is 0 Å². The van der Waals surface area contributed by atoms with E-state index in [2.05, 4.69) is 30.2 Å². The monoisotopic (exact) mass is 492 g/mol. The van der Waals surface area contributed by atoms with Crippen molar-refractivity contribution in [1.29, 1.82) is 0 Å². The second kappa shape index (κ2) is 9.61. The maximum atomic E-state index is 13.3. The smallest absolute Gasteiger partial charge is 0.316 e. The normalized spacial score (nSPS) is 20.6. The Morgan fingerprint density at radius 2 is 1.24 bits per heavy atom. The lowest BCUT2D eigenvalue weighted by molar-refractivity contribution is -0.154. The van der Waals surface area contributed by atoms with Crippen LogP contribution in [0.5, 0.6) is 0 Å². The number of carbonyl (C=O) groups is 1. The first kappa shape index (κ1) is 23.1. The van der Waals surface area contributed by atoms with Crippen LogP contribution in [0.4, 0.5) is 11.6 Å². The molecule has 0 spiro atoms. The van der Waals surface area contributed by atoms with Crippen molar-refractivity contribution in [2.24, 2.45) is 11.3 Å². The third kappa shape index (κ3) is 4.28. The first-order valence-corrected chi connectivity index (χ1v) is 12.6. The minimum absolute atomic E-state index is 0.0812. The molecule has 0 atom stereocenters. The van der Waals surface area contributed by atoms with Gasteiger partial charge in [0.05, 0.1) is 18.0 Å². The van der Waals surface area contributed by atoms with Gasteiger partial charge in [-0.3, -0.25) is 4.79 Å². The van der Waals surface area contributed by atoms with E-state index in [0.717, 1.165) is 34.2 Å². The Kier molecular flexibility index (Phi) is 6.00. The van der Waals surface area contributed by atoms with Gasteiger partial charge in [-0.1, -0.05) is 60.7 Å². The van der Waals surface area contributed by atoms with Gasteiger partial charge in [0.15, 0.2) is 11.6 Å². The highest BCUT2D eigenvalue weighted by Crippen LogP contribution is 2.45. The minimum atomic E-state index is -0.657. The van der Waals surface area contributed by atoms with Gasteiger partial charge in [-0.15, -0.1) is 20.4 Å². The molecule has 0 unspecified atom stereocenters. The van der Waals surface area contributed by atoms with Gasteiger partial charge in [0.1, 0.15) is 5.41 Å². The summed E-state index contributed by atoms with van der Waals surface area (Å²) in [6.45, 7) is 4.66. The van der Waals surface area contributed by atoms with E-state index in [1.54, 1.807) is 0 Å². The lowest BCUT2D eigenvalue weighted by Crippen LogP contribution is -2.42. The lowest BCUT2D eigenvalue weighted by atomic mass is 9.81. The summed E-state index contributed by atoms with van der Waals surface area (Å²) in [6, 6.07) is 27.9. The van der Waals surface area contributed by atoms with Crippen molar-refractivity contribution in [2.75, 3.05) is 42.6 Å². The van der Waals surface area contributed by atoms with Crippen LogP contribution in [0.1, 0.15) is 6.92 Å². The molecule has 0 radical (unpaired) electrons. The number of aromatic nitrogens is 4. The van der Waals surface area contributed by atoms with Crippen molar-refractivity contribution in [2.45, 2.75) is 6.92 Å². The Hall–Kier alpha value is -4.33. The van der Waals surface area contributed by atoms with E-state index in [1.807, 2.05) is 91.9 Å². The van der Waals surface area contributed by atoms with Crippen molar-refractivity contribution in [3.8, 4) is 22.5 Å². The third-order valence-corrected chi connectivity index (χ3v) is 7.38. The quantitative estimate of drug-likeness (QED) is 0.372. The molecular formula is C29H28N6O2. The summed E-state index contributed by atoms with van der Waals surface area (Å²) in [4.78, 5) is 17.6. The fraction of sp³-hybridized carbons (Fsp3) is 0.276. The van der Waals surface area contributed by atoms with Crippen LogP contribution in [0.25, 0.3) is 22.5 Å². The molecule has 37 heavy (non-hydrogen) atoms. The number of hydrogen-bond acceptors (Lipinski definition) is 8. The Morgan fingerprint density at radius 3 is 1.65 bits per heavy atom. The van der Waals surface area contributed by atoms with Gasteiger partial charge in [-0.05, 0) is 31.2 Å². The highest BCUT2D eigenvalue weighted by Gasteiger charge is 2.59. The summed E-state index contributed by atoms with van der Waals surface area (Å²) < 4.78 is 5.59. The summed E-state index contributed by atoms with van der Waals surface area (Å²) in [5.41, 5.74) is 3.05. The highest BCUT2D eigenvalue weighted by atomic mass is 16.5.